The van der Waals surface area contributed by atoms with Crippen molar-refractivity contribution in [3.8, 4) is 0 Å². The quantitative estimate of drug-likeness (QED) is 0.571. The molecule has 4 amide bonds. The molecule has 1 aliphatic rings. The van der Waals surface area contributed by atoms with E-state index in [4.69, 9.17) is 0 Å². The van der Waals surface area contributed by atoms with Crippen molar-refractivity contribution in [3.63, 3.8) is 0 Å². The number of likely N-dealkylation sites (N-methyl/N-ethyl adjacent to an activating group) is 1. The minimum absolute atomic E-state index is 0.240. The van der Waals surface area contributed by atoms with Crippen LogP contribution in [0.25, 0.3) is 0 Å². The zero-order valence-electron chi connectivity index (χ0n) is 19.6. The summed E-state index contributed by atoms with van der Waals surface area (Å²) in [5.41, 5.74) is 0.207. The van der Waals surface area contributed by atoms with Gasteiger partial charge in [0, 0.05) is 24.7 Å². The first kappa shape index (κ1) is 25.8. The predicted molar refractivity (Wildman–Crippen MR) is 120 cm³/mol. The molecular weight excluding hydrogens is 462 g/mol. The molecular formula is C24H26F2N4O5. The van der Waals surface area contributed by atoms with Crippen molar-refractivity contribution in [2.75, 3.05) is 7.05 Å². The van der Waals surface area contributed by atoms with Crippen molar-refractivity contribution >= 4 is 23.6 Å². The van der Waals surface area contributed by atoms with Gasteiger partial charge in [0.2, 0.25) is 5.91 Å². The molecule has 3 rings (SSSR count). The lowest BCUT2D eigenvalue weighted by Gasteiger charge is -2.34. The van der Waals surface area contributed by atoms with Gasteiger partial charge in [0.15, 0.2) is 6.10 Å². The van der Waals surface area contributed by atoms with E-state index in [-0.39, 0.29) is 17.2 Å². The lowest BCUT2D eigenvalue weighted by molar-refractivity contribution is -0.147. The number of hydrogen-bond acceptors (Lipinski definition) is 5. The second-order valence-electron chi connectivity index (χ2n) is 8.47. The molecule has 186 valence electrons. The Balaban J connectivity index is 1.80. The Morgan fingerprint density at radius 2 is 1.60 bits per heavy atom. The molecule has 0 radical (unpaired) electrons. The first-order chi connectivity index (χ1) is 16.4. The number of amides is 4. The summed E-state index contributed by atoms with van der Waals surface area (Å²) < 4.78 is 26.8. The van der Waals surface area contributed by atoms with Gasteiger partial charge in [-0.25, -0.2) is 13.8 Å². The van der Waals surface area contributed by atoms with Gasteiger partial charge in [-0.15, -0.1) is 0 Å². The van der Waals surface area contributed by atoms with Gasteiger partial charge in [0.1, 0.15) is 23.7 Å². The fourth-order valence-electron chi connectivity index (χ4n) is 3.86. The van der Waals surface area contributed by atoms with Crippen LogP contribution in [0.1, 0.15) is 54.4 Å². The van der Waals surface area contributed by atoms with Crippen molar-refractivity contribution < 1.29 is 33.1 Å². The molecule has 0 saturated heterocycles. The molecule has 9 nitrogen and oxygen atoms in total. The molecule has 1 heterocycles. The Morgan fingerprint density at radius 1 is 1.00 bits per heavy atom. The average molecular weight is 488 g/mol. The summed E-state index contributed by atoms with van der Waals surface area (Å²) in [5.74, 6) is -4.77. The molecule has 35 heavy (non-hydrogen) atoms. The van der Waals surface area contributed by atoms with Crippen LogP contribution < -0.4 is 10.6 Å². The Bertz CT molecular complexity index is 1150. The number of halogens is 2. The summed E-state index contributed by atoms with van der Waals surface area (Å²) in [6.45, 7) is 4.81. The largest absolute Gasteiger partial charge is 0.378 e. The summed E-state index contributed by atoms with van der Waals surface area (Å²) in [4.78, 5) is 51.6. The average Bonchev–Trinajstić information content (AvgIpc) is 2.87. The molecule has 0 aliphatic carbocycles. The lowest BCUT2D eigenvalue weighted by Crippen LogP contribution is -2.53. The Kier molecular flexibility index (Phi) is 7.49. The van der Waals surface area contributed by atoms with Crippen molar-refractivity contribution in [2.45, 2.75) is 45.0 Å². The maximum absolute atomic E-state index is 13.4. The maximum atomic E-state index is 13.4. The second kappa shape index (κ2) is 10.2. The molecule has 11 heteroatoms. The SMILES string of the molecule is CC(C)N1C(=O)c2ccccc2C(NC(=O)[C@H](C)NC(=O)[C@@H](O)c2cc(F)cc(F)c2)C(=O)N1C. The van der Waals surface area contributed by atoms with Crippen LogP contribution in [0.3, 0.4) is 0 Å². The number of carbonyl (C=O) groups excluding carboxylic acids is 4. The summed E-state index contributed by atoms with van der Waals surface area (Å²) in [6.07, 6.45) is -1.93. The van der Waals surface area contributed by atoms with E-state index >= 15 is 0 Å². The van der Waals surface area contributed by atoms with Crippen molar-refractivity contribution in [1.82, 2.24) is 20.7 Å². The highest BCUT2D eigenvalue weighted by atomic mass is 19.1. The normalized spacial score (nSPS) is 17.5. The number of aliphatic hydroxyl groups is 1. The van der Waals surface area contributed by atoms with Crippen LogP contribution in [-0.2, 0) is 14.4 Å². The third-order valence-corrected chi connectivity index (χ3v) is 5.58. The minimum Gasteiger partial charge on any atom is -0.378 e. The standard InChI is InChI=1S/C24H26F2N4O5/c1-12(2)30-23(34)18-8-6-5-7-17(18)19(24(35)29(30)4)28-21(32)13(3)27-22(33)20(31)14-9-15(25)11-16(26)10-14/h5-13,19-20,31H,1-4H3,(H,27,33)(H,28,32)/t13-,19?,20-/m0/s1. The zero-order chi connectivity index (χ0) is 26.0. The van der Waals surface area contributed by atoms with Gasteiger partial charge in [0.25, 0.3) is 17.7 Å². The molecule has 0 fully saturated rings. The van der Waals surface area contributed by atoms with Gasteiger partial charge in [0.05, 0.1) is 0 Å². The van der Waals surface area contributed by atoms with Crippen molar-refractivity contribution in [3.05, 3.63) is 70.8 Å². The fraction of sp³-hybridized carbons (Fsp3) is 0.333. The first-order valence-electron chi connectivity index (χ1n) is 10.9. The van der Waals surface area contributed by atoms with Gasteiger partial charge in [-0.1, -0.05) is 18.2 Å². The number of fused-ring (bicyclic) bond motifs is 1. The molecule has 2 aromatic rings. The van der Waals surface area contributed by atoms with Gasteiger partial charge < -0.3 is 15.7 Å². The van der Waals surface area contributed by atoms with E-state index < -0.39 is 53.5 Å². The van der Waals surface area contributed by atoms with Crippen LogP contribution in [0.15, 0.2) is 42.5 Å². The smallest absolute Gasteiger partial charge is 0.273 e. The van der Waals surface area contributed by atoms with Crippen LogP contribution >= 0.6 is 0 Å². The third kappa shape index (κ3) is 5.29. The number of nitrogens with one attached hydrogen (secondary N) is 2. The first-order valence-corrected chi connectivity index (χ1v) is 10.9. The fourth-order valence-corrected chi connectivity index (χ4v) is 3.86. The number of benzene rings is 2. The summed E-state index contributed by atoms with van der Waals surface area (Å²) >= 11 is 0. The maximum Gasteiger partial charge on any atom is 0.273 e. The van der Waals surface area contributed by atoms with Gasteiger partial charge >= 0.3 is 0 Å². The third-order valence-electron chi connectivity index (χ3n) is 5.58. The number of rotatable bonds is 6. The summed E-state index contributed by atoms with van der Waals surface area (Å²) in [7, 11) is 1.42. The Labute approximate surface area is 200 Å². The molecule has 2 aromatic carbocycles. The molecule has 0 spiro atoms. The summed E-state index contributed by atoms with van der Waals surface area (Å²) in [5, 5.41) is 17.4. The number of aliphatic hydroxyl groups excluding tert-OH is 1. The van der Waals surface area contributed by atoms with E-state index in [9.17, 15) is 33.1 Å². The van der Waals surface area contributed by atoms with E-state index in [1.807, 2.05) is 0 Å². The van der Waals surface area contributed by atoms with Crippen LogP contribution in [0.4, 0.5) is 8.78 Å². The van der Waals surface area contributed by atoms with Gasteiger partial charge in [-0.05, 0) is 50.1 Å². The molecule has 1 unspecified atom stereocenters. The molecule has 0 aromatic heterocycles. The molecule has 0 saturated carbocycles. The highest BCUT2D eigenvalue weighted by Crippen LogP contribution is 2.27. The minimum atomic E-state index is -1.93. The molecule has 3 N–H and O–H groups in total. The van der Waals surface area contributed by atoms with E-state index in [1.165, 1.54) is 19.0 Å². The number of carbonyl (C=O) groups is 4. The van der Waals surface area contributed by atoms with Crippen LogP contribution in [-0.4, -0.2) is 57.9 Å². The van der Waals surface area contributed by atoms with E-state index in [0.29, 0.717) is 11.6 Å². The molecule has 3 atom stereocenters. The van der Waals surface area contributed by atoms with E-state index in [1.54, 1.807) is 38.1 Å². The van der Waals surface area contributed by atoms with Gasteiger partial charge in [-0.2, -0.15) is 0 Å². The monoisotopic (exact) mass is 488 g/mol. The number of nitrogens with zero attached hydrogens (tertiary/aromatic N) is 2. The lowest BCUT2D eigenvalue weighted by atomic mass is 9.99. The number of hydrogen-bond donors (Lipinski definition) is 3. The van der Waals surface area contributed by atoms with Gasteiger partial charge in [-0.3, -0.25) is 24.2 Å². The summed E-state index contributed by atoms with van der Waals surface area (Å²) in [6, 6.07) is 5.77. The molecule has 1 aliphatic heterocycles. The predicted octanol–water partition coefficient (Wildman–Crippen LogP) is 1.60. The van der Waals surface area contributed by atoms with Crippen molar-refractivity contribution in [2.24, 2.45) is 0 Å². The topological polar surface area (TPSA) is 119 Å². The Morgan fingerprint density at radius 3 is 2.20 bits per heavy atom. The van der Waals surface area contributed by atoms with Crippen LogP contribution in [0, 0.1) is 11.6 Å². The second-order valence-corrected chi connectivity index (χ2v) is 8.47. The Hall–Kier alpha value is -3.86. The highest BCUT2D eigenvalue weighted by Gasteiger charge is 2.39. The van der Waals surface area contributed by atoms with E-state index in [0.717, 1.165) is 17.1 Å². The zero-order valence-corrected chi connectivity index (χ0v) is 19.6. The van der Waals surface area contributed by atoms with Crippen LogP contribution in [0.5, 0.6) is 0 Å². The molecule has 0 bridgehead atoms. The van der Waals surface area contributed by atoms with Crippen molar-refractivity contribution in [1.29, 1.82) is 0 Å². The number of hydrazine groups is 1. The highest BCUT2D eigenvalue weighted by molar-refractivity contribution is 6.02. The van der Waals surface area contributed by atoms with Crippen LogP contribution in [0.2, 0.25) is 0 Å². The van der Waals surface area contributed by atoms with E-state index in [2.05, 4.69) is 10.6 Å².